The van der Waals surface area contributed by atoms with Gasteiger partial charge >= 0.3 is 0 Å². The molecule has 2 unspecified atom stereocenters. The van der Waals surface area contributed by atoms with E-state index in [1.807, 2.05) is 6.92 Å². The van der Waals surface area contributed by atoms with Gasteiger partial charge < -0.3 is 10.6 Å². The zero-order valence-electron chi connectivity index (χ0n) is 10.6. The van der Waals surface area contributed by atoms with E-state index in [1.165, 1.54) is 12.8 Å². The number of aromatic amines is 1. The first kappa shape index (κ1) is 12.9. The van der Waals surface area contributed by atoms with Crippen molar-refractivity contribution >= 4 is 5.91 Å². The van der Waals surface area contributed by atoms with Crippen molar-refractivity contribution in [3.63, 3.8) is 0 Å². The molecule has 0 bridgehead atoms. The lowest BCUT2D eigenvalue weighted by Crippen LogP contribution is -2.45. The van der Waals surface area contributed by atoms with Crippen LogP contribution in [0.25, 0.3) is 0 Å². The Morgan fingerprint density at radius 3 is 3.00 bits per heavy atom. The van der Waals surface area contributed by atoms with Gasteiger partial charge in [-0.3, -0.25) is 4.79 Å². The van der Waals surface area contributed by atoms with Crippen molar-refractivity contribution in [2.75, 3.05) is 6.54 Å². The van der Waals surface area contributed by atoms with Crippen LogP contribution in [0.15, 0.2) is 0 Å². The normalized spacial score (nSPS) is 22.8. The highest BCUT2D eigenvalue weighted by molar-refractivity contribution is 5.82. The molecule has 0 aliphatic carbocycles. The first-order valence-corrected chi connectivity index (χ1v) is 6.54. The number of hydrogen-bond donors (Lipinski definition) is 3. The van der Waals surface area contributed by atoms with Gasteiger partial charge in [0.25, 0.3) is 0 Å². The summed E-state index contributed by atoms with van der Waals surface area (Å²) in [5.74, 6) is 0.531. The molecule has 2 rings (SSSR count). The quantitative estimate of drug-likeness (QED) is 0.719. The molecule has 1 aromatic rings. The summed E-state index contributed by atoms with van der Waals surface area (Å²) in [6, 6.07) is -0.317. The first-order chi connectivity index (χ1) is 8.77. The molecule has 2 atom stereocenters. The van der Waals surface area contributed by atoms with E-state index in [1.54, 1.807) is 0 Å². The highest BCUT2D eigenvalue weighted by Gasteiger charge is 2.21. The van der Waals surface area contributed by atoms with Gasteiger partial charge in [-0.25, -0.2) is 0 Å². The second-order valence-corrected chi connectivity index (χ2v) is 4.71. The lowest BCUT2D eigenvalue weighted by atomic mass is 10.0. The second kappa shape index (κ2) is 6.44. The van der Waals surface area contributed by atoms with Crippen molar-refractivity contribution in [3.05, 3.63) is 5.82 Å². The van der Waals surface area contributed by atoms with E-state index in [9.17, 15) is 4.79 Å². The van der Waals surface area contributed by atoms with Crippen molar-refractivity contribution in [1.29, 1.82) is 0 Å². The number of carbonyl (C=O) groups is 1. The van der Waals surface area contributed by atoms with Crippen LogP contribution >= 0.6 is 0 Å². The molecule has 0 spiro atoms. The van der Waals surface area contributed by atoms with Crippen LogP contribution in [-0.4, -0.2) is 39.1 Å². The van der Waals surface area contributed by atoms with Gasteiger partial charge in [-0.2, -0.15) is 5.21 Å². The summed E-state index contributed by atoms with van der Waals surface area (Å²) >= 11 is 0. The van der Waals surface area contributed by atoms with Gasteiger partial charge in [0.15, 0.2) is 5.82 Å². The molecule has 1 amide bonds. The Balaban J connectivity index is 1.86. The fourth-order valence-electron chi connectivity index (χ4n) is 2.16. The molecule has 0 aromatic carbocycles. The number of nitrogens with zero attached hydrogens (tertiary/aromatic N) is 3. The summed E-state index contributed by atoms with van der Waals surface area (Å²) in [5, 5.41) is 19.8. The Morgan fingerprint density at radius 1 is 1.39 bits per heavy atom. The van der Waals surface area contributed by atoms with E-state index in [-0.39, 0.29) is 18.0 Å². The molecular formula is C11H20N6O. The van der Waals surface area contributed by atoms with Crippen LogP contribution in [0.1, 0.15) is 50.9 Å². The largest absolute Gasteiger partial charge is 0.345 e. The van der Waals surface area contributed by atoms with E-state index < -0.39 is 0 Å². The summed E-state index contributed by atoms with van der Waals surface area (Å²) in [6.07, 6.45) is 5.60. The average Bonchev–Trinajstić information content (AvgIpc) is 2.81. The third kappa shape index (κ3) is 3.49. The third-order valence-corrected chi connectivity index (χ3v) is 3.23. The number of H-pyrrole nitrogens is 1. The molecule has 18 heavy (non-hydrogen) atoms. The van der Waals surface area contributed by atoms with Crippen molar-refractivity contribution < 1.29 is 4.79 Å². The molecule has 1 saturated heterocycles. The SMILES string of the molecule is CC(NC(=O)C1CCCCCCN1)c1nn[nH]n1. The van der Waals surface area contributed by atoms with E-state index >= 15 is 0 Å². The number of carbonyl (C=O) groups excluding carboxylic acids is 1. The number of rotatable bonds is 3. The van der Waals surface area contributed by atoms with Crippen molar-refractivity contribution in [3.8, 4) is 0 Å². The van der Waals surface area contributed by atoms with Gasteiger partial charge in [0.1, 0.15) is 0 Å². The van der Waals surface area contributed by atoms with Crippen LogP contribution in [-0.2, 0) is 4.79 Å². The van der Waals surface area contributed by atoms with Crippen LogP contribution in [0.3, 0.4) is 0 Å². The number of aromatic nitrogens is 4. The predicted molar refractivity (Wildman–Crippen MR) is 65.6 cm³/mol. The Hall–Kier alpha value is -1.50. The number of amides is 1. The zero-order chi connectivity index (χ0) is 12.8. The molecule has 1 fully saturated rings. The van der Waals surface area contributed by atoms with Gasteiger partial charge in [-0.15, -0.1) is 10.2 Å². The standard InChI is InChI=1S/C11H20N6O/c1-8(10-14-16-17-15-10)13-11(18)9-6-4-2-3-5-7-12-9/h8-9,12H,2-7H2,1H3,(H,13,18)(H,14,15,16,17). The maximum Gasteiger partial charge on any atom is 0.237 e. The first-order valence-electron chi connectivity index (χ1n) is 6.54. The van der Waals surface area contributed by atoms with Gasteiger partial charge in [0, 0.05) is 0 Å². The number of tetrazole rings is 1. The maximum atomic E-state index is 12.1. The summed E-state index contributed by atoms with van der Waals surface area (Å²) < 4.78 is 0. The molecule has 0 radical (unpaired) electrons. The highest BCUT2D eigenvalue weighted by Crippen LogP contribution is 2.11. The fraction of sp³-hybridized carbons (Fsp3) is 0.818. The van der Waals surface area contributed by atoms with E-state index in [0.717, 1.165) is 25.8 Å². The Labute approximate surface area is 106 Å². The van der Waals surface area contributed by atoms with Crippen LogP contribution < -0.4 is 10.6 Å². The summed E-state index contributed by atoms with van der Waals surface area (Å²) in [6.45, 7) is 2.76. The lowest BCUT2D eigenvalue weighted by Gasteiger charge is -2.22. The van der Waals surface area contributed by atoms with Crippen LogP contribution in [0.4, 0.5) is 0 Å². The summed E-state index contributed by atoms with van der Waals surface area (Å²) in [5.41, 5.74) is 0. The molecule has 100 valence electrons. The monoisotopic (exact) mass is 252 g/mol. The third-order valence-electron chi connectivity index (χ3n) is 3.23. The summed E-state index contributed by atoms with van der Waals surface area (Å²) in [7, 11) is 0. The topological polar surface area (TPSA) is 95.6 Å². The molecular weight excluding hydrogens is 232 g/mol. The lowest BCUT2D eigenvalue weighted by molar-refractivity contribution is -0.124. The smallest absolute Gasteiger partial charge is 0.237 e. The molecule has 1 aliphatic heterocycles. The molecule has 3 N–H and O–H groups in total. The van der Waals surface area contributed by atoms with Gasteiger partial charge in [0.05, 0.1) is 12.1 Å². The second-order valence-electron chi connectivity index (χ2n) is 4.71. The summed E-state index contributed by atoms with van der Waals surface area (Å²) in [4.78, 5) is 12.1. The minimum Gasteiger partial charge on any atom is -0.345 e. The van der Waals surface area contributed by atoms with E-state index in [4.69, 9.17) is 0 Å². The molecule has 0 saturated carbocycles. The molecule has 1 aromatic heterocycles. The van der Waals surface area contributed by atoms with E-state index in [2.05, 4.69) is 31.3 Å². The Kier molecular flexibility index (Phi) is 4.63. The molecule has 7 heteroatoms. The van der Waals surface area contributed by atoms with Crippen molar-refractivity contribution in [1.82, 2.24) is 31.3 Å². The van der Waals surface area contributed by atoms with Gasteiger partial charge in [-0.05, 0) is 26.3 Å². The molecule has 2 heterocycles. The molecule has 7 nitrogen and oxygen atoms in total. The predicted octanol–water partition coefficient (Wildman–Crippen LogP) is 0.299. The van der Waals surface area contributed by atoms with Gasteiger partial charge in [-0.1, -0.05) is 24.5 Å². The van der Waals surface area contributed by atoms with Crippen molar-refractivity contribution in [2.45, 2.75) is 51.1 Å². The highest BCUT2D eigenvalue weighted by atomic mass is 16.2. The van der Waals surface area contributed by atoms with Gasteiger partial charge in [0.2, 0.25) is 5.91 Å². The minimum atomic E-state index is -0.219. The van der Waals surface area contributed by atoms with Crippen molar-refractivity contribution in [2.24, 2.45) is 0 Å². The fourth-order valence-corrected chi connectivity index (χ4v) is 2.16. The van der Waals surface area contributed by atoms with Crippen LogP contribution in [0.5, 0.6) is 0 Å². The Bertz CT molecular complexity index is 358. The minimum absolute atomic E-state index is 0.0224. The zero-order valence-corrected chi connectivity index (χ0v) is 10.6. The van der Waals surface area contributed by atoms with E-state index in [0.29, 0.717) is 5.82 Å². The van der Waals surface area contributed by atoms with Crippen LogP contribution in [0, 0.1) is 0 Å². The average molecular weight is 252 g/mol. The Morgan fingerprint density at radius 2 is 2.22 bits per heavy atom. The maximum absolute atomic E-state index is 12.1. The molecule has 1 aliphatic rings. The number of hydrogen-bond acceptors (Lipinski definition) is 5. The van der Waals surface area contributed by atoms with Crippen LogP contribution in [0.2, 0.25) is 0 Å². The number of nitrogens with one attached hydrogen (secondary N) is 3.